The van der Waals surface area contributed by atoms with Crippen LogP contribution in [0.15, 0.2) is 60.7 Å². The van der Waals surface area contributed by atoms with Crippen molar-refractivity contribution in [3.05, 3.63) is 71.8 Å². The van der Waals surface area contributed by atoms with Crippen LogP contribution in [0.25, 0.3) is 6.08 Å². The molecule has 0 aliphatic heterocycles. The van der Waals surface area contributed by atoms with Gasteiger partial charge in [-0.05, 0) is 49.2 Å². The van der Waals surface area contributed by atoms with Crippen molar-refractivity contribution in [2.75, 3.05) is 19.0 Å². The molecule has 2 rings (SSSR count). The molecule has 0 spiro atoms. The van der Waals surface area contributed by atoms with E-state index in [-0.39, 0.29) is 5.57 Å². The summed E-state index contributed by atoms with van der Waals surface area (Å²) in [5.41, 5.74) is 2.16. The van der Waals surface area contributed by atoms with Gasteiger partial charge in [-0.3, -0.25) is 4.79 Å². The predicted molar refractivity (Wildman–Crippen MR) is 107 cm³/mol. The van der Waals surface area contributed by atoms with Crippen LogP contribution in [-0.2, 0) is 11.2 Å². The van der Waals surface area contributed by atoms with Crippen LogP contribution in [0.3, 0.4) is 0 Å². The maximum absolute atomic E-state index is 12.4. The van der Waals surface area contributed by atoms with E-state index in [1.54, 1.807) is 31.4 Å². The number of ether oxygens (including phenoxy) is 2. The predicted octanol–water partition coefficient (Wildman–Crippen LogP) is 4.37. The first-order chi connectivity index (χ1) is 13.1. The average molecular weight is 362 g/mol. The van der Waals surface area contributed by atoms with Gasteiger partial charge in [-0.2, -0.15) is 5.26 Å². The van der Waals surface area contributed by atoms with Gasteiger partial charge in [-0.15, -0.1) is 6.58 Å². The normalized spacial score (nSPS) is 10.6. The minimum Gasteiger partial charge on any atom is -0.493 e. The summed E-state index contributed by atoms with van der Waals surface area (Å²) in [6, 6.07) is 14.6. The Hall–Kier alpha value is -3.52. The topological polar surface area (TPSA) is 71.4 Å². The maximum atomic E-state index is 12.4. The van der Waals surface area contributed by atoms with E-state index in [1.165, 1.54) is 6.08 Å². The molecule has 0 aliphatic rings. The van der Waals surface area contributed by atoms with Crippen LogP contribution in [-0.4, -0.2) is 19.6 Å². The second-order valence-corrected chi connectivity index (χ2v) is 5.63. The van der Waals surface area contributed by atoms with Crippen LogP contribution in [0.4, 0.5) is 5.69 Å². The fourth-order valence-corrected chi connectivity index (χ4v) is 2.60. The summed E-state index contributed by atoms with van der Waals surface area (Å²) in [5, 5.41) is 12.1. The zero-order chi connectivity index (χ0) is 19.6. The third-order valence-electron chi connectivity index (χ3n) is 3.73. The summed E-state index contributed by atoms with van der Waals surface area (Å²) in [6.07, 6.45) is 3.87. The van der Waals surface area contributed by atoms with E-state index in [0.29, 0.717) is 35.8 Å². The summed E-state index contributed by atoms with van der Waals surface area (Å²) in [7, 11) is 1.58. The molecule has 1 N–H and O–H groups in total. The van der Waals surface area contributed by atoms with E-state index in [1.807, 2.05) is 37.3 Å². The van der Waals surface area contributed by atoms with Gasteiger partial charge in [-0.1, -0.05) is 24.3 Å². The highest BCUT2D eigenvalue weighted by Gasteiger charge is 2.14. The van der Waals surface area contributed by atoms with Crippen LogP contribution in [0, 0.1) is 11.3 Å². The fraction of sp³-hybridized carbons (Fsp3) is 0.182. The lowest BCUT2D eigenvalue weighted by molar-refractivity contribution is -0.112. The Bertz CT molecular complexity index is 880. The number of methoxy groups -OCH3 is 1. The number of nitriles is 1. The van der Waals surface area contributed by atoms with Crippen molar-refractivity contribution in [3.63, 3.8) is 0 Å². The molecule has 0 radical (unpaired) electrons. The summed E-state index contributed by atoms with van der Waals surface area (Å²) in [5.74, 6) is 0.718. The third kappa shape index (κ3) is 5.23. The minimum absolute atomic E-state index is 0.00368. The summed E-state index contributed by atoms with van der Waals surface area (Å²) < 4.78 is 11.1. The number of nitrogens with one attached hydrogen (secondary N) is 1. The van der Waals surface area contributed by atoms with Gasteiger partial charge in [0.05, 0.1) is 13.7 Å². The Kier molecular flexibility index (Phi) is 7.21. The van der Waals surface area contributed by atoms with Crippen molar-refractivity contribution >= 4 is 17.7 Å². The highest BCUT2D eigenvalue weighted by atomic mass is 16.5. The number of carbonyl (C=O) groups is 1. The Morgan fingerprint density at radius 1 is 1.30 bits per heavy atom. The monoisotopic (exact) mass is 362 g/mol. The molecule has 5 heteroatoms. The summed E-state index contributed by atoms with van der Waals surface area (Å²) >= 11 is 0. The van der Waals surface area contributed by atoms with Crippen LogP contribution >= 0.6 is 0 Å². The highest BCUT2D eigenvalue weighted by molar-refractivity contribution is 6.09. The van der Waals surface area contributed by atoms with Crippen LogP contribution < -0.4 is 14.8 Å². The highest BCUT2D eigenvalue weighted by Crippen LogP contribution is 2.34. The number of hydrogen-bond acceptors (Lipinski definition) is 4. The van der Waals surface area contributed by atoms with Gasteiger partial charge in [0.15, 0.2) is 11.5 Å². The molecule has 27 heavy (non-hydrogen) atoms. The van der Waals surface area contributed by atoms with E-state index in [4.69, 9.17) is 9.47 Å². The molecule has 138 valence electrons. The van der Waals surface area contributed by atoms with E-state index >= 15 is 0 Å². The van der Waals surface area contributed by atoms with Gasteiger partial charge in [0, 0.05) is 11.3 Å². The molecule has 2 aromatic carbocycles. The Labute approximate surface area is 159 Å². The maximum Gasteiger partial charge on any atom is 0.266 e. The largest absolute Gasteiger partial charge is 0.493 e. The van der Waals surface area contributed by atoms with Crippen molar-refractivity contribution in [3.8, 4) is 17.6 Å². The number of carbonyl (C=O) groups excluding carboxylic acids is 1. The molecular weight excluding hydrogens is 340 g/mol. The van der Waals surface area contributed by atoms with Gasteiger partial charge < -0.3 is 14.8 Å². The molecule has 0 atom stereocenters. The van der Waals surface area contributed by atoms with Gasteiger partial charge >= 0.3 is 0 Å². The molecule has 0 aromatic heterocycles. The molecule has 0 unspecified atom stereocenters. The molecule has 0 bridgehead atoms. The molecule has 2 aromatic rings. The Morgan fingerprint density at radius 3 is 2.63 bits per heavy atom. The van der Waals surface area contributed by atoms with Gasteiger partial charge in [0.1, 0.15) is 11.6 Å². The van der Waals surface area contributed by atoms with Gasteiger partial charge in [0.25, 0.3) is 5.91 Å². The quantitative estimate of drug-likeness (QED) is 0.430. The number of anilines is 1. The van der Waals surface area contributed by atoms with Crippen molar-refractivity contribution in [1.82, 2.24) is 0 Å². The molecule has 0 aliphatic carbocycles. The zero-order valence-corrected chi connectivity index (χ0v) is 15.5. The van der Waals surface area contributed by atoms with E-state index in [2.05, 4.69) is 11.9 Å². The molecule has 0 heterocycles. The molecule has 5 nitrogen and oxygen atoms in total. The first-order valence-electron chi connectivity index (χ1n) is 8.55. The minimum atomic E-state index is -0.470. The number of para-hydroxylation sites is 1. The SMILES string of the molecule is C=CCc1cc(/C=C(\C#N)C(=O)Nc2ccccc2)cc(OCC)c1OC. The van der Waals surface area contributed by atoms with Crippen LogP contribution in [0.2, 0.25) is 0 Å². The first kappa shape index (κ1) is 19.8. The summed E-state index contributed by atoms with van der Waals surface area (Å²) in [4.78, 5) is 12.4. The lowest BCUT2D eigenvalue weighted by atomic mass is 10.0. The van der Waals surface area contributed by atoms with Crippen LogP contribution in [0.1, 0.15) is 18.1 Å². The Morgan fingerprint density at radius 2 is 2.04 bits per heavy atom. The molecular formula is C22H22N2O3. The number of benzene rings is 2. The number of allylic oxidation sites excluding steroid dienone is 1. The fourth-order valence-electron chi connectivity index (χ4n) is 2.60. The average Bonchev–Trinajstić information content (AvgIpc) is 2.67. The first-order valence-corrected chi connectivity index (χ1v) is 8.55. The van der Waals surface area contributed by atoms with Crippen molar-refractivity contribution < 1.29 is 14.3 Å². The van der Waals surface area contributed by atoms with Crippen LogP contribution in [0.5, 0.6) is 11.5 Å². The Balaban J connectivity index is 2.40. The van der Waals surface area contributed by atoms with E-state index in [9.17, 15) is 10.1 Å². The molecule has 0 saturated carbocycles. The molecule has 0 saturated heterocycles. The second-order valence-electron chi connectivity index (χ2n) is 5.63. The smallest absolute Gasteiger partial charge is 0.266 e. The second kappa shape index (κ2) is 9.83. The van der Waals surface area contributed by atoms with E-state index < -0.39 is 5.91 Å². The zero-order valence-electron chi connectivity index (χ0n) is 15.5. The lowest BCUT2D eigenvalue weighted by Crippen LogP contribution is -2.13. The number of rotatable bonds is 8. The van der Waals surface area contributed by atoms with Gasteiger partial charge in [-0.25, -0.2) is 0 Å². The van der Waals surface area contributed by atoms with E-state index in [0.717, 1.165) is 5.56 Å². The van der Waals surface area contributed by atoms with Gasteiger partial charge in [0.2, 0.25) is 0 Å². The number of amides is 1. The van der Waals surface area contributed by atoms with Crippen molar-refractivity contribution in [1.29, 1.82) is 5.26 Å². The molecule has 1 amide bonds. The standard InChI is InChI=1S/C22H22N2O3/c1-4-9-17-12-16(14-20(27-5-2)21(17)26-3)13-18(15-23)22(25)24-19-10-7-6-8-11-19/h4,6-8,10-14H,1,5,9H2,2-3H3,(H,24,25)/b18-13+. The number of hydrogen-bond donors (Lipinski definition) is 1. The number of nitrogens with zero attached hydrogens (tertiary/aromatic N) is 1. The lowest BCUT2D eigenvalue weighted by Gasteiger charge is -2.14. The molecule has 0 fully saturated rings. The summed E-state index contributed by atoms with van der Waals surface area (Å²) in [6.45, 7) is 6.11. The third-order valence-corrected chi connectivity index (χ3v) is 3.73. The van der Waals surface area contributed by atoms with Crippen molar-refractivity contribution in [2.24, 2.45) is 0 Å². The van der Waals surface area contributed by atoms with Crippen molar-refractivity contribution in [2.45, 2.75) is 13.3 Å².